The number of nitrogens with zero attached hydrogens (tertiary/aromatic N) is 4. The molecule has 0 aliphatic carbocycles. The molecule has 0 fully saturated rings. The Labute approximate surface area is 163 Å². The maximum atomic E-state index is 13.4. The molecule has 0 unspecified atom stereocenters. The summed E-state index contributed by atoms with van der Waals surface area (Å²) >= 11 is 5.87. The van der Waals surface area contributed by atoms with Gasteiger partial charge in [-0.05, 0) is 36.4 Å². The van der Waals surface area contributed by atoms with Crippen LogP contribution in [-0.2, 0) is 6.18 Å². The summed E-state index contributed by atoms with van der Waals surface area (Å²) in [6.07, 6.45) is 1.80. The molecule has 0 radical (unpaired) electrons. The van der Waals surface area contributed by atoms with Crippen molar-refractivity contribution in [2.24, 2.45) is 0 Å². The van der Waals surface area contributed by atoms with Crippen molar-refractivity contribution in [3.8, 4) is 28.3 Å². The summed E-state index contributed by atoms with van der Waals surface area (Å²) in [5, 5.41) is 0.492. The number of rotatable bonds is 3. The molecule has 4 aromatic rings. The molecule has 0 aliphatic rings. The first-order chi connectivity index (χ1) is 13.4. The van der Waals surface area contributed by atoms with Crippen LogP contribution in [0.25, 0.3) is 28.3 Å². The van der Waals surface area contributed by atoms with Gasteiger partial charge in [0.25, 0.3) is 0 Å². The normalized spacial score (nSPS) is 11.6. The minimum absolute atomic E-state index is 0.113. The van der Waals surface area contributed by atoms with Gasteiger partial charge in [0.15, 0.2) is 0 Å². The Morgan fingerprint density at radius 2 is 1.71 bits per heavy atom. The van der Waals surface area contributed by atoms with Crippen molar-refractivity contribution in [3.63, 3.8) is 0 Å². The zero-order chi connectivity index (χ0) is 19.7. The second kappa shape index (κ2) is 7.09. The lowest BCUT2D eigenvalue weighted by atomic mass is 10.1. The molecular formula is C20H12ClF3N4. The Hall–Kier alpha value is -3.19. The SMILES string of the molecule is FC(F)(F)c1cc(-c2ccc(Cl)cc2)nc(-n2cnc(-c3cccnc3)c2)c1. The molecule has 0 spiro atoms. The average Bonchev–Trinajstić information content (AvgIpc) is 3.18. The lowest BCUT2D eigenvalue weighted by molar-refractivity contribution is -0.137. The third-order valence-corrected chi connectivity index (χ3v) is 4.34. The second-order valence-corrected chi connectivity index (χ2v) is 6.45. The second-order valence-electron chi connectivity index (χ2n) is 6.01. The van der Waals surface area contributed by atoms with Crippen LogP contribution in [0.4, 0.5) is 13.2 Å². The van der Waals surface area contributed by atoms with Crippen LogP contribution in [0.3, 0.4) is 0 Å². The largest absolute Gasteiger partial charge is 0.416 e. The molecule has 4 rings (SSSR count). The molecule has 0 N–H and O–H groups in total. The zero-order valence-electron chi connectivity index (χ0n) is 14.2. The summed E-state index contributed by atoms with van der Waals surface area (Å²) in [5.41, 5.74) is 1.27. The van der Waals surface area contributed by atoms with Gasteiger partial charge in [-0.2, -0.15) is 13.2 Å². The molecule has 0 aliphatic heterocycles. The fourth-order valence-electron chi connectivity index (χ4n) is 2.69. The van der Waals surface area contributed by atoms with Gasteiger partial charge in [-0.1, -0.05) is 23.7 Å². The van der Waals surface area contributed by atoms with Crippen molar-refractivity contribution in [2.75, 3.05) is 0 Å². The number of hydrogen-bond donors (Lipinski definition) is 0. The van der Waals surface area contributed by atoms with Crippen LogP contribution in [0.5, 0.6) is 0 Å². The lowest BCUT2D eigenvalue weighted by Gasteiger charge is -2.12. The van der Waals surface area contributed by atoms with Crippen molar-refractivity contribution >= 4 is 11.6 Å². The van der Waals surface area contributed by atoms with Gasteiger partial charge in [0.2, 0.25) is 0 Å². The molecular weight excluding hydrogens is 389 g/mol. The first-order valence-electron chi connectivity index (χ1n) is 8.20. The fourth-order valence-corrected chi connectivity index (χ4v) is 2.82. The highest BCUT2D eigenvalue weighted by Gasteiger charge is 2.32. The first kappa shape index (κ1) is 18.2. The van der Waals surface area contributed by atoms with Crippen LogP contribution in [0.15, 0.2) is 73.4 Å². The van der Waals surface area contributed by atoms with E-state index in [-0.39, 0.29) is 11.5 Å². The molecule has 0 bridgehead atoms. The van der Waals surface area contributed by atoms with Gasteiger partial charge in [0, 0.05) is 34.7 Å². The Bertz CT molecular complexity index is 1110. The first-order valence-corrected chi connectivity index (χ1v) is 8.58. The molecule has 140 valence electrons. The predicted molar refractivity (Wildman–Crippen MR) is 100 cm³/mol. The highest BCUT2D eigenvalue weighted by atomic mass is 35.5. The maximum absolute atomic E-state index is 13.4. The Morgan fingerprint density at radius 3 is 2.39 bits per heavy atom. The van der Waals surface area contributed by atoms with E-state index in [1.165, 1.54) is 10.9 Å². The quantitative estimate of drug-likeness (QED) is 0.445. The van der Waals surface area contributed by atoms with Gasteiger partial charge in [-0.3, -0.25) is 9.55 Å². The monoisotopic (exact) mass is 400 g/mol. The molecule has 0 atom stereocenters. The van der Waals surface area contributed by atoms with E-state index < -0.39 is 11.7 Å². The van der Waals surface area contributed by atoms with E-state index in [0.717, 1.165) is 17.7 Å². The highest BCUT2D eigenvalue weighted by molar-refractivity contribution is 6.30. The van der Waals surface area contributed by atoms with E-state index >= 15 is 0 Å². The Balaban J connectivity index is 1.81. The summed E-state index contributed by atoms with van der Waals surface area (Å²) < 4.78 is 41.8. The van der Waals surface area contributed by atoms with Crippen LogP contribution in [0, 0.1) is 0 Å². The molecule has 0 saturated heterocycles. The third kappa shape index (κ3) is 3.75. The minimum atomic E-state index is -4.51. The van der Waals surface area contributed by atoms with Gasteiger partial charge < -0.3 is 0 Å². The summed E-state index contributed by atoms with van der Waals surface area (Å²) in [6.45, 7) is 0. The van der Waals surface area contributed by atoms with E-state index in [9.17, 15) is 13.2 Å². The minimum Gasteiger partial charge on any atom is -0.290 e. The Morgan fingerprint density at radius 1 is 0.929 bits per heavy atom. The van der Waals surface area contributed by atoms with Crippen molar-refractivity contribution in [2.45, 2.75) is 6.18 Å². The fraction of sp³-hybridized carbons (Fsp3) is 0.0500. The predicted octanol–water partition coefficient (Wildman–Crippen LogP) is 5.67. The van der Waals surface area contributed by atoms with E-state index in [2.05, 4.69) is 15.0 Å². The van der Waals surface area contributed by atoms with E-state index in [0.29, 0.717) is 16.3 Å². The molecule has 0 saturated carbocycles. The smallest absolute Gasteiger partial charge is 0.290 e. The summed E-state index contributed by atoms with van der Waals surface area (Å²) in [6, 6.07) is 12.1. The van der Waals surface area contributed by atoms with Crippen molar-refractivity contribution in [1.82, 2.24) is 19.5 Å². The van der Waals surface area contributed by atoms with Crippen LogP contribution in [0.1, 0.15) is 5.56 Å². The lowest BCUT2D eigenvalue weighted by Crippen LogP contribution is -2.08. The van der Waals surface area contributed by atoms with Crippen molar-refractivity contribution < 1.29 is 13.2 Å². The Kier molecular flexibility index (Phi) is 4.60. The van der Waals surface area contributed by atoms with Crippen LogP contribution in [-0.4, -0.2) is 19.5 Å². The van der Waals surface area contributed by atoms with Gasteiger partial charge in [-0.25, -0.2) is 9.97 Å². The van der Waals surface area contributed by atoms with Crippen LogP contribution < -0.4 is 0 Å². The third-order valence-electron chi connectivity index (χ3n) is 4.08. The standard InChI is InChI=1S/C20H12ClF3N4/c21-16-5-3-13(4-6-16)17-8-15(20(22,23)24)9-19(27-17)28-11-18(26-12-28)14-2-1-7-25-10-14/h1-12H. The maximum Gasteiger partial charge on any atom is 0.416 e. The topological polar surface area (TPSA) is 43.6 Å². The molecule has 1 aromatic carbocycles. The number of alkyl halides is 3. The number of hydrogen-bond acceptors (Lipinski definition) is 3. The van der Waals surface area contributed by atoms with E-state index in [4.69, 9.17) is 11.6 Å². The van der Waals surface area contributed by atoms with Gasteiger partial charge >= 0.3 is 6.18 Å². The number of pyridine rings is 2. The molecule has 8 heteroatoms. The van der Waals surface area contributed by atoms with Gasteiger partial charge in [-0.15, -0.1) is 0 Å². The molecule has 28 heavy (non-hydrogen) atoms. The number of aromatic nitrogens is 4. The summed E-state index contributed by atoms with van der Waals surface area (Å²) in [7, 11) is 0. The molecule has 3 aromatic heterocycles. The van der Waals surface area contributed by atoms with Crippen LogP contribution >= 0.6 is 11.6 Å². The average molecular weight is 401 g/mol. The van der Waals surface area contributed by atoms with Gasteiger partial charge in [0.05, 0.1) is 17.0 Å². The number of benzene rings is 1. The number of halogens is 4. The summed E-state index contributed by atoms with van der Waals surface area (Å²) in [5.74, 6) is 0.113. The van der Waals surface area contributed by atoms with Crippen molar-refractivity contribution in [3.05, 3.63) is 84.0 Å². The van der Waals surface area contributed by atoms with Gasteiger partial charge in [0.1, 0.15) is 12.1 Å². The van der Waals surface area contributed by atoms with E-state index in [1.54, 1.807) is 48.9 Å². The zero-order valence-corrected chi connectivity index (χ0v) is 15.0. The van der Waals surface area contributed by atoms with Crippen molar-refractivity contribution in [1.29, 1.82) is 0 Å². The highest BCUT2D eigenvalue weighted by Crippen LogP contribution is 2.33. The van der Waals surface area contributed by atoms with E-state index in [1.807, 2.05) is 6.07 Å². The molecule has 4 nitrogen and oxygen atoms in total. The number of imidazole rings is 1. The molecule has 3 heterocycles. The van der Waals surface area contributed by atoms with Crippen LogP contribution in [0.2, 0.25) is 5.02 Å². The summed E-state index contributed by atoms with van der Waals surface area (Å²) in [4.78, 5) is 12.7. The molecule has 0 amide bonds.